The first-order chi connectivity index (χ1) is 7.49. The Balaban J connectivity index is 3.01. The molecule has 6 heteroatoms. The van der Waals surface area contributed by atoms with Crippen LogP contribution in [-0.4, -0.2) is 27.7 Å². The molecule has 1 unspecified atom stereocenters. The third kappa shape index (κ3) is 2.49. The van der Waals surface area contributed by atoms with E-state index in [9.17, 15) is 10.0 Å². The monoisotopic (exact) mass is 244 g/mol. The minimum absolute atomic E-state index is 0.519. The van der Waals surface area contributed by atoms with E-state index < -0.39 is 12.0 Å². The number of hydrogen-bond acceptors (Lipinski definition) is 3. The fourth-order valence-electron chi connectivity index (χ4n) is 1.56. The molecule has 1 atom stereocenters. The molecule has 0 spiro atoms. The van der Waals surface area contributed by atoms with Gasteiger partial charge < -0.3 is 10.3 Å². The van der Waals surface area contributed by atoms with Crippen LogP contribution in [-0.2, 0) is 4.79 Å². The third-order valence-electron chi connectivity index (χ3n) is 2.69. The SMILES string of the molecule is CSCCC(C(=O)O)n1c[n+]([O-])c(C)c1C. The van der Waals surface area contributed by atoms with Gasteiger partial charge in [-0.05, 0) is 12.0 Å². The highest BCUT2D eigenvalue weighted by Crippen LogP contribution is 2.17. The number of aromatic nitrogens is 2. The third-order valence-corrected chi connectivity index (χ3v) is 3.33. The molecule has 16 heavy (non-hydrogen) atoms. The molecule has 1 aromatic heterocycles. The van der Waals surface area contributed by atoms with E-state index in [-0.39, 0.29) is 0 Å². The minimum Gasteiger partial charge on any atom is -0.711 e. The van der Waals surface area contributed by atoms with Crippen LogP contribution in [0.5, 0.6) is 0 Å². The van der Waals surface area contributed by atoms with Crippen LogP contribution in [0.1, 0.15) is 23.9 Å². The highest BCUT2D eigenvalue weighted by atomic mass is 32.2. The van der Waals surface area contributed by atoms with E-state index in [1.54, 1.807) is 30.2 Å². The summed E-state index contributed by atoms with van der Waals surface area (Å²) in [6.07, 6.45) is 3.76. The number of carboxylic acid groups (broad SMARTS) is 1. The van der Waals surface area contributed by atoms with Crippen LogP contribution in [0.15, 0.2) is 6.33 Å². The number of hydrogen-bond donors (Lipinski definition) is 1. The van der Waals surface area contributed by atoms with Gasteiger partial charge in [-0.25, -0.2) is 14.1 Å². The molecule has 0 saturated heterocycles. The first-order valence-corrected chi connectivity index (χ1v) is 6.37. The van der Waals surface area contributed by atoms with Crippen LogP contribution in [0.2, 0.25) is 0 Å². The number of carbonyl (C=O) groups is 1. The molecule has 0 fully saturated rings. The normalized spacial score (nSPS) is 12.7. The average Bonchev–Trinajstić information content (AvgIpc) is 2.47. The van der Waals surface area contributed by atoms with Crippen LogP contribution < -0.4 is 4.73 Å². The summed E-state index contributed by atoms with van der Waals surface area (Å²) in [6, 6.07) is -0.652. The Morgan fingerprint density at radius 3 is 2.69 bits per heavy atom. The van der Waals surface area contributed by atoms with Gasteiger partial charge in [0.05, 0.1) is 0 Å². The van der Waals surface area contributed by atoms with Crippen LogP contribution >= 0.6 is 11.8 Å². The molecular weight excluding hydrogens is 228 g/mol. The van der Waals surface area contributed by atoms with Gasteiger partial charge in [0, 0.05) is 20.3 Å². The van der Waals surface area contributed by atoms with E-state index in [0.29, 0.717) is 22.5 Å². The molecule has 5 nitrogen and oxygen atoms in total. The number of rotatable bonds is 5. The summed E-state index contributed by atoms with van der Waals surface area (Å²) in [7, 11) is 0. The first-order valence-electron chi connectivity index (χ1n) is 4.98. The van der Waals surface area contributed by atoms with Crippen molar-refractivity contribution in [2.45, 2.75) is 26.3 Å². The molecule has 0 saturated carbocycles. The van der Waals surface area contributed by atoms with E-state index in [1.165, 1.54) is 6.33 Å². The van der Waals surface area contributed by atoms with E-state index in [1.807, 2.05) is 6.26 Å². The summed E-state index contributed by atoms with van der Waals surface area (Å²) in [5.74, 6) is -0.139. The zero-order valence-electron chi connectivity index (χ0n) is 9.64. The van der Waals surface area contributed by atoms with Crippen molar-refractivity contribution in [2.24, 2.45) is 0 Å². The van der Waals surface area contributed by atoms with Crippen molar-refractivity contribution in [1.29, 1.82) is 0 Å². The Bertz CT molecular complexity index is 390. The molecule has 1 heterocycles. The van der Waals surface area contributed by atoms with Crippen molar-refractivity contribution >= 4 is 17.7 Å². The number of nitrogens with zero attached hydrogens (tertiary/aromatic N) is 2. The van der Waals surface area contributed by atoms with Crippen molar-refractivity contribution in [3.63, 3.8) is 0 Å². The van der Waals surface area contributed by atoms with Gasteiger partial charge in [-0.1, -0.05) is 0 Å². The quantitative estimate of drug-likeness (QED) is 0.622. The number of aliphatic carboxylic acids is 1. The summed E-state index contributed by atoms with van der Waals surface area (Å²) in [6.45, 7) is 3.45. The lowest BCUT2D eigenvalue weighted by molar-refractivity contribution is -0.611. The second-order valence-electron chi connectivity index (χ2n) is 3.65. The van der Waals surface area contributed by atoms with Gasteiger partial charge >= 0.3 is 5.97 Å². The maximum absolute atomic E-state index is 11.4. The molecule has 0 aromatic carbocycles. The molecule has 0 aliphatic rings. The second kappa shape index (κ2) is 5.25. The maximum atomic E-state index is 11.4. The molecule has 0 radical (unpaired) electrons. The van der Waals surface area contributed by atoms with Gasteiger partial charge in [0.2, 0.25) is 6.33 Å². The Kier molecular flexibility index (Phi) is 4.23. The van der Waals surface area contributed by atoms with E-state index >= 15 is 0 Å². The van der Waals surface area contributed by atoms with Crippen molar-refractivity contribution in [3.05, 3.63) is 22.9 Å². The van der Waals surface area contributed by atoms with Crippen LogP contribution in [0.3, 0.4) is 0 Å². The van der Waals surface area contributed by atoms with Gasteiger partial charge in [-0.15, -0.1) is 0 Å². The van der Waals surface area contributed by atoms with Gasteiger partial charge in [-0.3, -0.25) is 0 Å². The van der Waals surface area contributed by atoms with Crippen LogP contribution in [0.4, 0.5) is 0 Å². The predicted octanol–water partition coefficient (Wildman–Crippen LogP) is 1.12. The number of imidazole rings is 1. The van der Waals surface area contributed by atoms with E-state index in [0.717, 1.165) is 5.75 Å². The molecule has 1 rings (SSSR count). The van der Waals surface area contributed by atoms with Crippen molar-refractivity contribution in [1.82, 2.24) is 4.57 Å². The smallest absolute Gasteiger partial charge is 0.349 e. The topological polar surface area (TPSA) is 69.2 Å². The fraction of sp³-hybridized carbons (Fsp3) is 0.600. The first kappa shape index (κ1) is 12.9. The maximum Gasteiger partial charge on any atom is 0.349 e. The lowest BCUT2D eigenvalue weighted by Crippen LogP contribution is -2.27. The van der Waals surface area contributed by atoms with Crippen molar-refractivity contribution < 1.29 is 14.6 Å². The Morgan fingerprint density at radius 2 is 2.31 bits per heavy atom. The molecule has 90 valence electrons. The highest BCUT2D eigenvalue weighted by molar-refractivity contribution is 7.98. The van der Waals surface area contributed by atoms with E-state index in [4.69, 9.17) is 5.11 Å². The Hall–Kier alpha value is -1.17. The number of thioether (sulfide) groups is 1. The fourth-order valence-corrected chi connectivity index (χ4v) is 2.02. The summed E-state index contributed by atoms with van der Waals surface area (Å²) >= 11 is 1.60. The molecule has 0 bridgehead atoms. The summed E-state index contributed by atoms with van der Waals surface area (Å²) < 4.78 is 2.26. The lowest BCUT2D eigenvalue weighted by Gasteiger charge is -2.09. The summed E-state index contributed by atoms with van der Waals surface area (Å²) in [5, 5.41) is 20.5. The number of carboxylic acids is 1. The Morgan fingerprint density at radius 1 is 1.69 bits per heavy atom. The molecule has 1 aromatic rings. The molecular formula is C10H16N2O3S. The summed E-state index contributed by atoms with van der Waals surface area (Å²) in [5.41, 5.74) is 1.26. The Labute approximate surface area is 98.7 Å². The standard InChI is InChI=1S/C10H16N2O3S/c1-7-8(2)12(15)6-11(7)9(10(13)14)4-5-16-3/h6,9H,4-5H2,1-3H3,(H,13,14). The molecule has 0 amide bonds. The minimum atomic E-state index is -0.896. The average molecular weight is 244 g/mol. The van der Waals surface area contributed by atoms with Gasteiger partial charge in [0.1, 0.15) is 11.4 Å². The summed E-state index contributed by atoms with van der Waals surface area (Å²) in [4.78, 5) is 11.1. The zero-order valence-corrected chi connectivity index (χ0v) is 10.5. The zero-order chi connectivity index (χ0) is 12.3. The van der Waals surface area contributed by atoms with Gasteiger partial charge in [0.25, 0.3) is 0 Å². The predicted molar refractivity (Wildman–Crippen MR) is 62.5 cm³/mol. The van der Waals surface area contributed by atoms with Crippen LogP contribution in [0.25, 0.3) is 0 Å². The largest absolute Gasteiger partial charge is 0.711 e. The van der Waals surface area contributed by atoms with Crippen LogP contribution in [0, 0.1) is 19.1 Å². The second-order valence-corrected chi connectivity index (χ2v) is 4.64. The lowest BCUT2D eigenvalue weighted by atomic mass is 10.2. The van der Waals surface area contributed by atoms with E-state index in [2.05, 4.69) is 0 Å². The van der Waals surface area contributed by atoms with Crippen molar-refractivity contribution in [3.8, 4) is 0 Å². The highest BCUT2D eigenvalue weighted by Gasteiger charge is 2.27. The molecule has 0 aliphatic carbocycles. The molecule has 0 aliphatic heterocycles. The van der Waals surface area contributed by atoms with Gasteiger partial charge in [0.15, 0.2) is 6.04 Å². The van der Waals surface area contributed by atoms with Crippen molar-refractivity contribution in [2.75, 3.05) is 12.0 Å². The van der Waals surface area contributed by atoms with Gasteiger partial charge in [-0.2, -0.15) is 11.8 Å². The molecule has 1 N–H and O–H groups in total.